The Balaban J connectivity index is 1.27. The number of hydrogen-bond donors (Lipinski definition) is 1. The second-order valence-corrected chi connectivity index (χ2v) is 9.95. The molecule has 2 fully saturated rings. The predicted octanol–water partition coefficient (Wildman–Crippen LogP) is 6.23. The van der Waals surface area contributed by atoms with E-state index in [1.165, 1.54) is 50.6 Å². The number of aromatic nitrogens is 2. The first kappa shape index (κ1) is 23.9. The molecule has 0 saturated carbocycles. The Hall–Kier alpha value is -3.52. The molecule has 37 heavy (non-hydrogen) atoms. The summed E-state index contributed by atoms with van der Waals surface area (Å²) in [5, 5.41) is 4.13. The summed E-state index contributed by atoms with van der Waals surface area (Å²) in [6.07, 6.45) is 7.84. The Morgan fingerprint density at radius 3 is 2.43 bits per heavy atom. The molecule has 6 nitrogen and oxygen atoms in total. The number of rotatable bonds is 6. The van der Waals surface area contributed by atoms with Gasteiger partial charge in [0.1, 0.15) is 28.8 Å². The van der Waals surface area contributed by atoms with Crippen molar-refractivity contribution in [2.45, 2.75) is 44.7 Å². The lowest BCUT2D eigenvalue weighted by molar-refractivity contribution is 0.141. The summed E-state index contributed by atoms with van der Waals surface area (Å²) in [5.41, 5.74) is 1.38. The summed E-state index contributed by atoms with van der Waals surface area (Å²) in [6.45, 7) is 4.13. The van der Waals surface area contributed by atoms with Crippen LogP contribution >= 0.6 is 0 Å². The average molecular weight is 504 g/mol. The van der Waals surface area contributed by atoms with Crippen LogP contribution in [0, 0.1) is 11.6 Å². The average Bonchev–Trinajstić information content (AvgIpc) is 3.37. The van der Waals surface area contributed by atoms with Gasteiger partial charge in [0, 0.05) is 42.8 Å². The maximum absolute atomic E-state index is 14.3. The molecule has 2 aliphatic rings. The van der Waals surface area contributed by atoms with Gasteiger partial charge in [0.2, 0.25) is 5.95 Å². The van der Waals surface area contributed by atoms with E-state index in [4.69, 9.17) is 14.4 Å². The molecule has 2 aliphatic heterocycles. The smallest absolute Gasteiger partial charge is 0.227 e. The molecule has 4 aromatic rings. The van der Waals surface area contributed by atoms with Crippen molar-refractivity contribution in [1.82, 2.24) is 14.9 Å². The molecule has 4 heterocycles. The zero-order valence-corrected chi connectivity index (χ0v) is 20.8. The number of nitrogens with zero attached hydrogens (tertiary/aromatic N) is 4. The Labute approximate surface area is 215 Å². The zero-order valence-electron chi connectivity index (χ0n) is 20.8. The number of fused-ring (bicyclic) bond motifs is 1. The van der Waals surface area contributed by atoms with Gasteiger partial charge >= 0.3 is 0 Å². The molecule has 0 spiro atoms. The normalized spacial score (nSPS) is 17.4. The zero-order chi connectivity index (χ0) is 25.2. The van der Waals surface area contributed by atoms with E-state index in [1.807, 2.05) is 30.3 Å². The van der Waals surface area contributed by atoms with Crippen LogP contribution < -0.4 is 10.2 Å². The van der Waals surface area contributed by atoms with Crippen molar-refractivity contribution in [3.63, 3.8) is 0 Å². The molecule has 2 saturated heterocycles. The molecule has 0 amide bonds. The number of likely N-dealkylation sites (tertiary alicyclic amines) is 1. The van der Waals surface area contributed by atoms with Crippen LogP contribution in [0.4, 0.5) is 20.5 Å². The van der Waals surface area contributed by atoms with Gasteiger partial charge in [-0.2, -0.15) is 4.98 Å². The fraction of sp³-hybridized carbons (Fsp3) is 0.379. The van der Waals surface area contributed by atoms with Crippen molar-refractivity contribution in [1.29, 1.82) is 0 Å². The van der Waals surface area contributed by atoms with E-state index >= 15 is 0 Å². The van der Waals surface area contributed by atoms with Gasteiger partial charge in [-0.25, -0.2) is 13.8 Å². The minimum Gasteiger partial charge on any atom is -0.456 e. The fourth-order valence-corrected chi connectivity index (χ4v) is 5.54. The molecule has 0 atom stereocenters. The first-order chi connectivity index (χ1) is 18.2. The summed E-state index contributed by atoms with van der Waals surface area (Å²) >= 11 is 0. The van der Waals surface area contributed by atoms with Crippen molar-refractivity contribution in [3.8, 4) is 11.3 Å². The van der Waals surface area contributed by atoms with Gasteiger partial charge in [-0.1, -0.05) is 30.7 Å². The predicted molar refractivity (Wildman–Crippen MR) is 142 cm³/mol. The minimum atomic E-state index is -0.591. The van der Waals surface area contributed by atoms with Crippen LogP contribution in [0.5, 0.6) is 0 Å². The number of furan rings is 1. The van der Waals surface area contributed by atoms with E-state index in [0.717, 1.165) is 36.9 Å². The van der Waals surface area contributed by atoms with Gasteiger partial charge in [-0.15, -0.1) is 0 Å². The third-order valence-electron chi connectivity index (χ3n) is 7.62. The first-order valence-corrected chi connectivity index (χ1v) is 13.2. The largest absolute Gasteiger partial charge is 0.456 e. The van der Waals surface area contributed by atoms with Crippen LogP contribution in [0.1, 0.15) is 37.7 Å². The van der Waals surface area contributed by atoms with E-state index in [9.17, 15) is 8.78 Å². The lowest BCUT2D eigenvalue weighted by Gasteiger charge is -2.40. The molecule has 6 rings (SSSR count). The maximum atomic E-state index is 14.3. The summed E-state index contributed by atoms with van der Waals surface area (Å²) in [4.78, 5) is 14.4. The van der Waals surface area contributed by atoms with Crippen molar-refractivity contribution >= 4 is 22.7 Å². The summed E-state index contributed by atoms with van der Waals surface area (Å²) in [6, 6.07) is 14.2. The van der Waals surface area contributed by atoms with Gasteiger partial charge in [-0.05, 0) is 63.0 Å². The lowest BCUT2D eigenvalue weighted by Crippen LogP contribution is -2.47. The van der Waals surface area contributed by atoms with Gasteiger partial charge < -0.3 is 19.5 Å². The first-order valence-electron chi connectivity index (χ1n) is 13.2. The number of hydrogen-bond acceptors (Lipinski definition) is 6. The number of para-hydroxylation sites is 1. The third kappa shape index (κ3) is 5.03. The molecule has 0 unspecified atom stereocenters. The summed E-state index contributed by atoms with van der Waals surface area (Å²) < 4.78 is 34.7. The highest BCUT2D eigenvalue weighted by molar-refractivity contribution is 5.85. The molecule has 2 aromatic heterocycles. The van der Waals surface area contributed by atoms with Crippen molar-refractivity contribution in [2.75, 3.05) is 36.4 Å². The lowest BCUT2D eigenvalue weighted by atomic mass is 10.00. The van der Waals surface area contributed by atoms with E-state index in [0.29, 0.717) is 29.1 Å². The molecular formula is C29H31F2N5O. The summed E-state index contributed by atoms with van der Waals surface area (Å²) in [5.74, 6) is 0.532. The SMILES string of the molecule is Fc1cccc(F)c1CNc1nc(N2CCC(N3CCCCC3)CC2)ncc1-c1cc2ccccc2o1. The number of nitrogens with one attached hydrogen (secondary N) is 1. The molecule has 1 N–H and O–H groups in total. The van der Waals surface area contributed by atoms with Gasteiger partial charge in [-0.3, -0.25) is 0 Å². The highest BCUT2D eigenvalue weighted by Crippen LogP contribution is 2.33. The van der Waals surface area contributed by atoms with E-state index in [1.54, 1.807) is 6.20 Å². The molecule has 2 aromatic carbocycles. The molecule has 192 valence electrons. The van der Waals surface area contributed by atoms with E-state index in [2.05, 4.69) is 15.1 Å². The van der Waals surface area contributed by atoms with Crippen molar-refractivity contribution in [3.05, 3.63) is 71.9 Å². The highest BCUT2D eigenvalue weighted by atomic mass is 19.1. The van der Waals surface area contributed by atoms with Crippen LogP contribution in [0.25, 0.3) is 22.3 Å². The van der Waals surface area contributed by atoms with Crippen LogP contribution in [0.2, 0.25) is 0 Å². The van der Waals surface area contributed by atoms with Gasteiger partial charge in [0.05, 0.1) is 5.56 Å². The van der Waals surface area contributed by atoms with E-state index < -0.39 is 11.6 Å². The van der Waals surface area contributed by atoms with Crippen LogP contribution in [-0.2, 0) is 6.54 Å². The fourth-order valence-electron chi connectivity index (χ4n) is 5.54. The Bertz CT molecular complexity index is 1320. The number of anilines is 2. The Morgan fingerprint density at radius 2 is 1.68 bits per heavy atom. The standard InChI is InChI=1S/C29H31F2N5O/c30-24-8-6-9-25(31)22(24)18-32-28-23(27-17-20-7-2-3-10-26(20)37-27)19-33-29(34-28)36-15-11-21(12-16-36)35-13-4-1-5-14-35/h2-3,6-10,17,19,21H,1,4-5,11-16,18H2,(H,32,33,34). The molecular weight excluding hydrogens is 472 g/mol. The Kier molecular flexibility index (Phi) is 6.74. The minimum absolute atomic E-state index is 0.0273. The quantitative estimate of drug-likeness (QED) is 0.336. The molecule has 8 heteroatoms. The number of halogens is 2. The summed E-state index contributed by atoms with van der Waals surface area (Å²) in [7, 11) is 0. The van der Waals surface area contributed by atoms with Crippen molar-refractivity contribution < 1.29 is 13.2 Å². The third-order valence-corrected chi connectivity index (χ3v) is 7.62. The van der Waals surface area contributed by atoms with Crippen LogP contribution in [-0.4, -0.2) is 47.1 Å². The topological polar surface area (TPSA) is 57.4 Å². The van der Waals surface area contributed by atoms with Gasteiger partial charge in [0.15, 0.2) is 0 Å². The van der Waals surface area contributed by atoms with Gasteiger partial charge in [0.25, 0.3) is 0 Å². The molecule has 0 radical (unpaired) electrons. The number of benzene rings is 2. The van der Waals surface area contributed by atoms with Crippen LogP contribution in [0.3, 0.4) is 0 Å². The van der Waals surface area contributed by atoms with E-state index in [-0.39, 0.29) is 12.1 Å². The molecule has 0 bridgehead atoms. The number of piperidine rings is 2. The highest BCUT2D eigenvalue weighted by Gasteiger charge is 2.27. The monoisotopic (exact) mass is 503 g/mol. The maximum Gasteiger partial charge on any atom is 0.227 e. The second kappa shape index (κ2) is 10.5. The van der Waals surface area contributed by atoms with Crippen LogP contribution in [0.15, 0.2) is 59.1 Å². The second-order valence-electron chi connectivity index (χ2n) is 9.95. The molecule has 0 aliphatic carbocycles. The Morgan fingerprint density at radius 1 is 0.919 bits per heavy atom. The van der Waals surface area contributed by atoms with Crippen molar-refractivity contribution in [2.24, 2.45) is 0 Å².